The number of hydrogen-bond acceptors (Lipinski definition) is 3. The highest BCUT2D eigenvalue weighted by atomic mass is 16.2. The summed E-state index contributed by atoms with van der Waals surface area (Å²) in [5.41, 5.74) is 4.05. The van der Waals surface area contributed by atoms with Gasteiger partial charge in [-0.2, -0.15) is 5.26 Å². The molecule has 0 radical (unpaired) electrons. The highest BCUT2D eigenvalue weighted by Crippen LogP contribution is 2.29. The number of amides is 2. The Morgan fingerprint density at radius 1 is 1.35 bits per heavy atom. The molecule has 5 heteroatoms. The molecule has 17 heavy (non-hydrogen) atoms. The minimum Gasteiger partial charge on any atom is -0.368 e. The fourth-order valence-corrected chi connectivity index (χ4v) is 1.77. The average Bonchev–Trinajstić information content (AvgIpc) is 2.28. The van der Waals surface area contributed by atoms with Crippen molar-refractivity contribution in [3.8, 4) is 6.07 Å². The monoisotopic (exact) mass is 239 g/mol. The number of hydrogen-bond donors (Lipinski definition) is 2. The SMILES string of the molecule is CCCC(C#N)(CCC)C(=O)NC(C)C(N)=O. The Hall–Kier alpha value is -1.57. The maximum absolute atomic E-state index is 12.0. The van der Waals surface area contributed by atoms with Crippen molar-refractivity contribution < 1.29 is 9.59 Å². The van der Waals surface area contributed by atoms with Crippen molar-refractivity contribution in [1.82, 2.24) is 5.32 Å². The second kappa shape index (κ2) is 6.89. The molecule has 0 aromatic rings. The Kier molecular flexibility index (Phi) is 6.26. The van der Waals surface area contributed by atoms with Gasteiger partial charge in [-0.25, -0.2) is 0 Å². The van der Waals surface area contributed by atoms with Gasteiger partial charge in [-0.15, -0.1) is 0 Å². The molecule has 0 aliphatic carbocycles. The van der Waals surface area contributed by atoms with Crippen LogP contribution in [0.3, 0.4) is 0 Å². The maximum Gasteiger partial charge on any atom is 0.241 e. The summed E-state index contributed by atoms with van der Waals surface area (Å²) in [6.45, 7) is 5.36. The number of nitrogens with zero attached hydrogens (tertiary/aromatic N) is 1. The molecule has 0 aromatic carbocycles. The van der Waals surface area contributed by atoms with Crippen molar-refractivity contribution in [3.05, 3.63) is 0 Å². The molecular formula is C12H21N3O2. The van der Waals surface area contributed by atoms with Gasteiger partial charge in [0.25, 0.3) is 0 Å². The number of carbonyl (C=O) groups is 2. The van der Waals surface area contributed by atoms with Gasteiger partial charge in [0.2, 0.25) is 11.8 Å². The van der Waals surface area contributed by atoms with Crippen LogP contribution in [0.1, 0.15) is 46.5 Å². The van der Waals surface area contributed by atoms with Crippen molar-refractivity contribution in [2.24, 2.45) is 11.1 Å². The van der Waals surface area contributed by atoms with E-state index in [1.807, 2.05) is 13.8 Å². The lowest BCUT2D eigenvalue weighted by Gasteiger charge is -2.25. The van der Waals surface area contributed by atoms with Gasteiger partial charge in [0.15, 0.2) is 0 Å². The van der Waals surface area contributed by atoms with Gasteiger partial charge < -0.3 is 11.1 Å². The van der Waals surface area contributed by atoms with E-state index in [0.717, 1.165) is 12.8 Å². The van der Waals surface area contributed by atoms with E-state index >= 15 is 0 Å². The first-order valence-electron chi connectivity index (χ1n) is 5.95. The Labute approximate surface area is 102 Å². The molecule has 0 saturated heterocycles. The molecule has 0 rings (SSSR count). The van der Waals surface area contributed by atoms with Crippen LogP contribution in [-0.4, -0.2) is 17.9 Å². The first-order chi connectivity index (χ1) is 7.93. The first-order valence-corrected chi connectivity index (χ1v) is 5.95. The number of nitriles is 1. The summed E-state index contributed by atoms with van der Waals surface area (Å²) >= 11 is 0. The third-order valence-electron chi connectivity index (χ3n) is 2.78. The van der Waals surface area contributed by atoms with Gasteiger partial charge >= 0.3 is 0 Å². The average molecular weight is 239 g/mol. The molecule has 0 fully saturated rings. The fourth-order valence-electron chi connectivity index (χ4n) is 1.77. The highest BCUT2D eigenvalue weighted by Gasteiger charge is 2.37. The molecule has 1 atom stereocenters. The lowest BCUT2D eigenvalue weighted by Crippen LogP contribution is -2.48. The molecule has 1 unspecified atom stereocenters. The lowest BCUT2D eigenvalue weighted by molar-refractivity contribution is -0.132. The minimum absolute atomic E-state index is 0.394. The summed E-state index contributed by atoms with van der Waals surface area (Å²) in [4.78, 5) is 22.9. The maximum atomic E-state index is 12.0. The molecule has 0 aliphatic heterocycles. The summed E-state index contributed by atoms with van der Waals surface area (Å²) in [5, 5.41) is 11.7. The predicted octanol–water partition coefficient (Wildman–Crippen LogP) is 1.09. The van der Waals surface area contributed by atoms with Crippen LogP contribution >= 0.6 is 0 Å². The Balaban J connectivity index is 4.87. The Bertz CT molecular complexity index is 314. The van der Waals surface area contributed by atoms with E-state index in [2.05, 4.69) is 11.4 Å². The second-order valence-electron chi connectivity index (χ2n) is 4.29. The van der Waals surface area contributed by atoms with E-state index in [4.69, 9.17) is 5.73 Å². The zero-order valence-corrected chi connectivity index (χ0v) is 10.7. The molecule has 2 amide bonds. The van der Waals surface area contributed by atoms with E-state index in [1.165, 1.54) is 6.92 Å². The van der Waals surface area contributed by atoms with Gasteiger partial charge in [0, 0.05) is 0 Å². The minimum atomic E-state index is -1.03. The topological polar surface area (TPSA) is 96.0 Å². The fraction of sp³-hybridized carbons (Fsp3) is 0.750. The standard InChI is InChI=1S/C12H21N3O2/c1-4-6-12(8-13,7-5-2)11(17)15-9(3)10(14)16/h9H,4-7H2,1-3H3,(H2,14,16)(H,15,17). The van der Waals surface area contributed by atoms with E-state index in [-0.39, 0.29) is 0 Å². The van der Waals surface area contributed by atoms with E-state index in [9.17, 15) is 14.9 Å². The zero-order valence-electron chi connectivity index (χ0n) is 10.7. The van der Waals surface area contributed by atoms with Crippen LogP contribution in [0.5, 0.6) is 0 Å². The second-order valence-corrected chi connectivity index (χ2v) is 4.29. The molecule has 0 aromatic heterocycles. The first kappa shape index (κ1) is 15.4. The van der Waals surface area contributed by atoms with Gasteiger partial charge in [0.05, 0.1) is 6.07 Å². The van der Waals surface area contributed by atoms with Crippen LogP contribution in [0.15, 0.2) is 0 Å². The van der Waals surface area contributed by atoms with Crippen molar-refractivity contribution in [3.63, 3.8) is 0 Å². The molecule has 5 nitrogen and oxygen atoms in total. The number of nitrogens with one attached hydrogen (secondary N) is 1. The third kappa shape index (κ3) is 4.06. The predicted molar refractivity (Wildman–Crippen MR) is 64.7 cm³/mol. The molecule has 0 saturated carbocycles. The number of carbonyl (C=O) groups excluding carboxylic acids is 2. The summed E-state index contributed by atoms with van der Waals surface area (Å²) in [5.74, 6) is -0.992. The molecule has 0 spiro atoms. The van der Waals surface area contributed by atoms with Crippen LogP contribution < -0.4 is 11.1 Å². The number of nitrogens with two attached hydrogens (primary N) is 1. The summed E-state index contributed by atoms with van der Waals surface area (Å²) in [6.07, 6.45) is 2.47. The van der Waals surface area contributed by atoms with Crippen molar-refractivity contribution in [2.75, 3.05) is 0 Å². The van der Waals surface area contributed by atoms with Gasteiger partial charge in [-0.1, -0.05) is 26.7 Å². The summed E-state index contributed by atoms with van der Waals surface area (Å²) in [6, 6.07) is 1.35. The molecule has 0 aliphatic rings. The Morgan fingerprint density at radius 2 is 1.82 bits per heavy atom. The van der Waals surface area contributed by atoms with E-state index in [0.29, 0.717) is 12.8 Å². The van der Waals surface area contributed by atoms with Crippen LogP contribution in [0.4, 0.5) is 0 Å². The lowest BCUT2D eigenvalue weighted by atomic mass is 9.79. The van der Waals surface area contributed by atoms with Crippen LogP contribution in [0.2, 0.25) is 0 Å². The number of rotatable bonds is 7. The van der Waals surface area contributed by atoms with Crippen molar-refractivity contribution in [2.45, 2.75) is 52.5 Å². The molecule has 0 heterocycles. The van der Waals surface area contributed by atoms with Gasteiger partial charge in [0.1, 0.15) is 11.5 Å². The van der Waals surface area contributed by atoms with Crippen molar-refractivity contribution >= 4 is 11.8 Å². The molecular weight excluding hydrogens is 218 g/mol. The molecule has 0 bridgehead atoms. The van der Waals surface area contributed by atoms with Crippen molar-refractivity contribution in [1.29, 1.82) is 5.26 Å². The quantitative estimate of drug-likeness (QED) is 0.696. The van der Waals surface area contributed by atoms with Crippen LogP contribution in [0.25, 0.3) is 0 Å². The van der Waals surface area contributed by atoms with E-state index in [1.54, 1.807) is 0 Å². The summed E-state index contributed by atoms with van der Waals surface area (Å²) < 4.78 is 0. The van der Waals surface area contributed by atoms with E-state index < -0.39 is 23.3 Å². The largest absolute Gasteiger partial charge is 0.368 e. The number of primary amides is 1. The third-order valence-corrected chi connectivity index (χ3v) is 2.78. The van der Waals surface area contributed by atoms with Gasteiger partial charge in [-0.3, -0.25) is 9.59 Å². The van der Waals surface area contributed by atoms with Crippen LogP contribution in [-0.2, 0) is 9.59 Å². The highest BCUT2D eigenvalue weighted by molar-refractivity contribution is 5.90. The van der Waals surface area contributed by atoms with Gasteiger partial charge in [-0.05, 0) is 19.8 Å². The summed E-state index contributed by atoms with van der Waals surface area (Å²) in [7, 11) is 0. The zero-order chi connectivity index (χ0) is 13.5. The normalized spacial score (nSPS) is 12.6. The van der Waals surface area contributed by atoms with Crippen LogP contribution in [0, 0.1) is 16.7 Å². The Morgan fingerprint density at radius 3 is 2.12 bits per heavy atom. The smallest absolute Gasteiger partial charge is 0.241 e. The molecule has 96 valence electrons. The molecule has 3 N–H and O–H groups in total.